The molecule has 6 nitrogen and oxygen atoms in total. The lowest BCUT2D eigenvalue weighted by atomic mass is 10.2. The van der Waals surface area contributed by atoms with Gasteiger partial charge in [-0.25, -0.2) is 9.97 Å². The fraction of sp³-hybridized carbons (Fsp3) is 0.421. The van der Waals surface area contributed by atoms with E-state index in [4.69, 9.17) is 0 Å². The first-order valence-electron chi connectivity index (χ1n) is 8.88. The number of nitrogens with one attached hydrogen (secondary N) is 1. The number of carbonyl (C=O) groups excluding carboxylic acids is 1. The molecule has 1 N–H and O–H groups in total. The van der Waals surface area contributed by atoms with Gasteiger partial charge in [-0.2, -0.15) is 0 Å². The highest BCUT2D eigenvalue weighted by Crippen LogP contribution is 2.15. The molecule has 2 aromatic rings. The number of aromatic nitrogens is 2. The predicted octanol–water partition coefficient (Wildman–Crippen LogP) is 0.562. The highest BCUT2D eigenvalue weighted by Gasteiger charge is 2.24. The summed E-state index contributed by atoms with van der Waals surface area (Å²) in [5, 5.41) is 0. The van der Waals surface area contributed by atoms with Crippen LogP contribution in [0.2, 0.25) is 0 Å². The van der Waals surface area contributed by atoms with Gasteiger partial charge in [0.15, 0.2) is 6.54 Å². The van der Waals surface area contributed by atoms with Crippen molar-refractivity contribution in [3.8, 4) is 0 Å². The van der Waals surface area contributed by atoms with Crippen LogP contribution in [0.25, 0.3) is 0 Å². The molecule has 0 radical (unpaired) electrons. The summed E-state index contributed by atoms with van der Waals surface area (Å²) in [5.74, 6) is 0.974. The quantitative estimate of drug-likeness (QED) is 0.751. The van der Waals surface area contributed by atoms with Crippen LogP contribution in [-0.2, 0) is 11.3 Å². The first kappa shape index (κ1) is 18.7. The van der Waals surface area contributed by atoms with Gasteiger partial charge in [0.1, 0.15) is 0 Å². The first-order valence-corrected chi connectivity index (χ1v) is 10.1. The molecule has 26 heavy (non-hydrogen) atoms. The minimum absolute atomic E-state index is 0.193. The minimum Gasteiger partial charge on any atom is -0.337 e. The molecule has 0 saturated carbocycles. The summed E-state index contributed by atoms with van der Waals surface area (Å²) in [7, 11) is 1.89. The highest BCUT2D eigenvalue weighted by molar-refractivity contribution is 7.98. The van der Waals surface area contributed by atoms with E-state index in [1.165, 1.54) is 15.4 Å². The molecule has 0 unspecified atom stereocenters. The Labute approximate surface area is 159 Å². The Morgan fingerprint density at radius 1 is 1.19 bits per heavy atom. The van der Waals surface area contributed by atoms with E-state index in [1.54, 1.807) is 24.2 Å². The van der Waals surface area contributed by atoms with Gasteiger partial charge in [-0.1, -0.05) is 12.1 Å². The third-order valence-electron chi connectivity index (χ3n) is 4.71. The summed E-state index contributed by atoms with van der Waals surface area (Å²) in [4.78, 5) is 27.7. The molecular weight excluding hydrogens is 346 g/mol. The van der Waals surface area contributed by atoms with Crippen molar-refractivity contribution in [3.63, 3.8) is 0 Å². The van der Waals surface area contributed by atoms with E-state index in [2.05, 4.69) is 45.4 Å². The second-order valence-corrected chi connectivity index (χ2v) is 7.44. The molecule has 1 amide bonds. The van der Waals surface area contributed by atoms with Crippen LogP contribution in [0.3, 0.4) is 0 Å². The number of hydrogen-bond acceptors (Lipinski definition) is 5. The average Bonchev–Trinajstić information content (AvgIpc) is 2.70. The minimum atomic E-state index is 0.193. The Balaban J connectivity index is 1.46. The van der Waals surface area contributed by atoms with Gasteiger partial charge < -0.3 is 14.7 Å². The zero-order valence-corrected chi connectivity index (χ0v) is 16.2. The molecule has 1 saturated heterocycles. The maximum Gasteiger partial charge on any atom is 0.277 e. The zero-order chi connectivity index (χ0) is 18.4. The van der Waals surface area contributed by atoms with Crippen LogP contribution in [0, 0.1) is 0 Å². The van der Waals surface area contributed by atoms with Crippen molar-refractivity contribution in [2.24, 2.45) is 0 Å². The summed E-state index contributed by atoms with van der Waals surface area (Å²) < 4.78 is 0. The van der Waals surface area contributed by atoms with Crippen molar-refractivity contribution in [3.05, 3.63) is 48.3 Å². The van der Waals surface area contributed by atoms with E-state index < -0.39 is 0 Å². The highest BCUT2D eigenvalue weighted by atomic mass is 32.2. The van der Waals surface area contributed by atoms with Gasteiger partial charge in [-0.15, -0.1) is 11.8 Å². The normalized spacial score (nSPS) is 15.1. The number of thioether (sulfide) groups is 1. The van der Waals surface area contributed by atoms with Gasteiger partial charge in [0.2, 0.25) is 5.95 Å². The Bertz CT molecular complexity index is 702. The predicted molar refractivity (Wildman–Crippen MR) is 105 cm³/mol. The van der Waals surface area contributed by atoms with Crippen molar-refractivity contribution >= 4 is 23.6 Å². The summed E-state index contributed by atoms with van der Waals surface area (Å²) >= 11 is 1.73. The topological polar surface area (TPSA) is 53.8 Å². The van der Waals surface area contributed by atoms with Crippen molar-refractivity contribution in [2.75, 3.05) is 50.9 Å². The van der Waals surface area contributed by atoms with Crippen LogP contribution in [0.1, 0.15) is 5.56 Å². The molecule has 1 aliphatic heterocycles. The lowest BCUT2D eigenvalue weighted by Crippen LogP contribution is -3.15. The van der Waals surface area contributed by atoms with Crippen LogP contribution < -0.4 is 9.80 Å². The van der Waals surface area contributed by atoms with Crippen molar-refractivity contribution in [1.29, 1.82) is 0 Å². The van der Waals surface area contributed by atoms with Crippen molar-refractivity contribution in [1.82, 2.24) is 14.9 Å². The Kier molecular flexibility index (Phi) is 6.46. The molecule has 2 heterocycles. The SMILES string of the molecule is CSc1ccc(CN(C)C(=O)C[NH+]2CCN(c3ncccn3)CC2)cc1. The lowest BCUT2D eigenvalue weighted by Gasteiger charge is -2.32. The van der Waals surface area contributed by atoms with Crippen LogP contribution in [-0.4, -0.2) is 66.8 Å². The third-order valence-corrected chi connectivity index (χ3v) is 5.45. The largest absolute Gasteiger partial charge is 0.337 e. The molecule has 7 heteroatoms. The lowest BCUT2D eigenvalue weighted by molar-refractivity contribution is -0.892. The summed E-state index contributed by atoms with van der Waals surface area (Å²) in [6, 6.07) is 10.2. The van der Waals surface area contributed by atoms with E-state index in [-0.39, 0.29) is 5.91 Å². The molecule has 1 aromatic carbocycles. The third kappa shape index (κ3) is 4.95. The number of hydrogen-bond donors (Lipinski definition) is 1. The number of amides is 1. The molecule has 1 aromatic heterocycles. The van der Waals surface area contributed by atoms with Gasteiger partial charge in [0.25, 0.3) is 5.91 Å². The number of benzene rings is 1. The summed E-state index contributed by atoms with van der Waals surface area (Å²) in [5.41, 5.74) is 1.17. The van der Waals surface area contributed by atoms with Gasteiger partial charge in [0.05, 0.1) is 26.2 Å². The molecule has 0 aliphatic carbocycles. The van der Waals surface area contributed by atoms with Gasteiger partial charge in [-0.3, -0.25) is 4.79 Å². The Hall–Kier alpha value is -2.12. The molecule has 0 atom stereocenters. The zero-order valence-electron chi connectivity index (χ0n) is 15.4. The standard InChI is InChI=1S/C19H25N5OS/c1-22(14-16-4-6-17(26-2)7-5-16)18(25)15-23-10-12-24(13-11-23)19-20-8-3-9-21-19/h3-9H,10-15H2,1-2H3/p+1. The molecule has 138 valence electrons. The second kappa shape index (κ2) is 9.00. The van der Waals surface area contributed by atoms with Crippen LogP contribution in [0.5, 0.6) is 0 Å². The first-order chi connectivity index (χ1) is 12.7. The number of quaternary nitrogens is 1. The monoisotopic (exact) mass is 372 g/mol. The van der Waals surface area contributed by atoms with E-state index in [0.29, 0.717) is 13.1 Å². The fourth-order valence-electron chi connectivity index (χ4n) is 3.10. The van der Waals surface area contributed by atoms with E-state index in [0.717, 1.165) is 32.1 Å². The number of piperazine rings is 1. The second-order valence-electron chi connectivity index (χ2n) is 6.56. The van der Waals surface area contributed by atoms with Crippen LogP contribution >= 0.6 is 11.8 Å². The van der Waals surface area contributed by atoms with E-state index in [1.807, 2.05) is 18.0 Å². The summed E-state index contributed by atoms with van der Waals surface area (Å²) in [6.45, 7) is 4.83. The van der Waals surface area contributed by atoms with Crippen molar-refractivity contribution in [2.45, 2.75) is 11.4 Å². The van der Waals surface area contributed by atoms with E-state index in [9.17, 15) is 4.79 Å². The number of carbonyl (C=O) groups is 1. The number of anilines is 1. The maximum absolute atomic E-state index is 12.6. The van der Waals surface area contributed by atoms with E-state index >= 15 is 0 Å². The Morgan fingerprint density at radius 3 is 2.46 bits per heavy atom. The molecule has 0 bridgehead atoms. The number of nitrogens with zero attached hydrogens (tertiary/aromatic N) is 4. The van der Waals surface area contributed by atoms with Gasteiger partial charge in [-0.05, 0) is 30.0 Å². The number of rotatable bonds is 6. The smallest absolute Gasteiger partial charge is 0.277 e. The molecule has 1 aliphatic rings. The average molecular weight is 373 g/mol. The fourth-order valence-corrected chi connectivity index (χ4v) is 3.50. The van der Waals surface area contributed by atoms with Gasteiger partial charge >= 0.3 is 0 Å². The summed E-state index contributed by atoms with van der Waals surface area (Å²) in [6.07, 6.45) is 5.61. The Morgan fingerprint density at radius 2 is 1.85 bits per heavy atom. The molecular formula is C19H26N5OS+. The van der Waals surface area contributed by atoms with Gasteiger partial charge in [0, 0.05) is 30.9 Å². The van der Waals surface area contributed by atoms with Crippen LogP contribution in [0.4, 0.5) is 5.95 Å². The molecule has 3 rings (SSSR count). The van der Waals surface area contributed by atoms with Crippen LogP contribution in [0.15, 0.2) is 47.6 Å². The van der Waals surface area contributed by atoms with Crippen molar-refractivity contribution < 1.29 is 9.69 Å². The molecule has 1 fully saturated rings. The molecule has 0 spiro atoms. The maximum atomic E-state index is 12.6. The number of likely N-dealkylation sites (N-methyl/N-ethyl adjacent to an activating group) is 1.